The molecule has 6 heteroatoms. The number of methoxy groups -OCH3 is 1. The van der Waals surface area contributed by atoms with E-state index in [0.29, 0.717) is 10.7 Å². The van der Waals surface area contributed by atoms with Gasteiger partial charge >= 0.3 is 0 Å². The number of aryl methyl sites for hydroxylation is 1. The van der Waals surface area contributed by atoms with Crippen molar-refractivity contribution in [3.63, 3.8) is 0 Å². The third kappa shape index (κ3) is 3.37. The fourth-order valence-corrected chi connectivity index (χ4v) is 2.88. The fraction of sp³-hybridized carbons (Fsp3) is 0.118. The molecule has 1 aromatic carbocycles. The van der Waals surface area contributed by atoms with E-state index in [1.54, 1.807) is 25.4 Å². The summed E-state index contributed by atoms with van der Waals surface area (Å²) >= 11 is 1.39. The van der Waals surface area contributed by atoms with Crippen molar-refractivity contribution in [1.82, 2.24) is 9.97 Å². The number of amides is 1. The SMILES string of the molecule is COc1ccc(-c2csc(NC(=O)c3cccnc3)n2)cc1C. The maximum absolute atomic E-state index is 12.1. The second kappa shape index (κ2) is 6.58. The lowest BCUT2D eigenvalue weighted by molar-refractivity contribution is 0.102. The highest BCUT2D eigenvalue weighted by Crippen LogP contribution is 2.28. The van der Waals surface area contributed by atoms with Crippen LogP contribution in [0.4, 0.5) is 5.13 Å². The maximum atomic E-state index is 12.1. The normalized spacial score (nSPS) is 10.3. The third-order valence-corrected chi connectivity index (χ3v) is 4.10. The summed E-state index contributed by atoms with van der Waals surface area (Å²) in [6.07, 6.45) is 3.15. The first-order chi connectivity index (χ1) is 11.2. The number of anilines is 1. The first-order valence-electron chi connectivity index (χ1n) is 6.99. The van der Waals surface area contributed by atoms with Crippen molar-refractivity contribution in [3.8, 4) is 17.0 Å². The topological polar surface area (TPSA) is 64.1 Å². The number of thiazole rings is 1. The number of nitrogens with zero attached hydrogens (tertiary/aromatic N) is 2. The number of benzene rings is 1. The Labute approximate surface area is 138 Å². The number of aromatic nitrogens is 2. The Morgan fingerprint density at radius 3 is 2.87 bits per heavy atom. The molecule has 3 rings (SSSR count). The Bertz CT molecular complexity index is 831. The van der Waals surface area contributed by atoms with E-state index in [2.05, 4.69) is 15.3 Å². The van der Waals surface area contributed by atoms with E-state index >= 15 is 0 Å². The van der Waals surface area contributed by atoms with Gasteiger partial charge in [0.1, 0.15) is 5.75 Å². The number of ether oxygens (including phenoxy) is 1. The molecule has 0 unspecified atom stereocenters. The highest BCUT2D eigenvalue weighted by atomic mass is 32.1. The van der Waals surface area contributed by atoms with Gasteiger partial charge in [0.2, 0.25) is 0 Å². The lowest BCUT2D eigenvalue weighted by Gasteiger charge is -2.05. The number of rotatable bonds is 4. The van der Waals surface area contributed by atoms with Crippen molar-refractivity contribution in [1.29, 1.82) is 0 Å². The molecular weight excluding hydrogens is 310 g/mol. The lowest BCUT2D eigenvalue weighted by atomic mass is 10.1. The third-order valence-electron chi connectivity index (χ3n) is 3.34. The highest BCUT2D eigenvalue weighted by molar-refractivity contribution is 7.14. The van der Waals surface area contributed by atoms with Crippen LogP contribution in [0.1, 0.15) is 15.9 Å². The molecule has 2 aromatic heterocycles. The second-order valence-electron chi connectivity index (χ2n) is 4.92. The van der Waals surface area contributed by atoms with Crippen molar-refractivity contribution in [2.45, 2.75) is 6.92 Å². The molecule has 0 saturated carbocycles. The van der Waals surface area contributed by atoms with Crippen molar-refractivity contribution in [3.05, 3.63) is 59.2 Å². The molecule has 2 heterocycles. The molecule has 1 amide bonds. The summed E-state index contributed by atoms with van der Waals surface area (Å²) < 4.78 is 5.26. The van der Waals surface area contributed by atoms with Crippen LogP contribution in [-0.4, -0.2) is 23.0 Å². The van der Waals surface area contributed by atoms with E-state index in [1.165, 1.54) is 17.5 Å². The molecule has 0 radical (unpaired) electrons. The van der Waals surface area contributed by atoms with Gasteiger partial charge in [0.05, 0.1) is 18.4 Å². The maximum Gasteiger partial charge on any atom is 0.259 e. The largest absolute Gasteiger partial charge is 0.496 e. The molecule has 0 bridgehead atoms. The van der Waals surface area contributed by atoms with Crippen LogP contribution < -0.4 is 10.1 Å². The first-order valence-corrected chi connectivity index (χ1v) is 7.87. The Hall–Kier alpha value is -2.73. The van der Waals surface area contributed by atoms with E-state index < -0.39 is 0 Å². The van der Waals surface area contributed by atoms with Gasteiger partial charge in [-0.2, -0.15) is 0 Å². The van der Waals surface area contributed by atoms with Gasteiger partial charge in [0.25, 0.3) is 5.91 Å². The van der Waals surface area contributed by atoms with Crippen molar-refractivity contribution in [2.75, 3.05) is 12.4 Å². The van der Waals surface area contributed by atoms with Gasteiger partial charge in [-0.05, 0) is 42.8 Å². The minimum atomic E-state index is -0.218. The predicted molar refractivity (Wildman–Crippen MR) is 91.0 cm³/mol. The molecular formula is C17H15N3O2S. The van der Waals surface area contributed by atoms with E-state index in [0.717, 1.165) is 22.6 Å². The summed E-state index contributed by atoms with van der Waals surface area (Å²) in [5.41, 5.74) is 3.35. The Kier molecular flexibility index (Phi) is 4.34. The van der Waals surface area contributed by atoms with Crippen LogP contribution in [-0.2, 0) is 0 Å². The summed E-state index contributed by atoms with van der Waals surface area (Å²) in [5.74, 6) is 0.624. The van der Waals surface area contributed by atoms with Gasteiger partial charge in [0, 0.05) is 23.3 Å². The molecule has 0 aliphatic rings. The highest BCUT2D eigenvalue weighted by Gasteiger charge is 2.10. The van der Waals surface area contributed by atoms with Gasteiger partial charge in [-0.25, -0.2) is 4.98 Å². The quantitative estimate of drug-likeness (QED) is 0.793. The molecule has 0 atom stereocenters. The van der Waals surface area contributed by atoms with Crippen LogP contribution in [0, 0.1) is 6.92 Å². The van der Waals surface area contributed by atoms with Gasteiger partial charge in [-0.15, -0.1) is 11.3 Å². The molecule has 0 saturated heterocycles. The summed E-state index contributed by atoms with van der Waals surface area (Å²) in [4.78, 5) is 20.5. The minimum absolute atomic E-state index is 0.218. The monoisotopic (exact) mass is 325 g/mol. The van der Waals surface area contributed by atoms with Crippen molar-refractivity contribution >= 4 is 22.4 Å². The van der Waals surface area contributed by atoms with Gasteiger partial charge in [-0.1, -0.05) is 0 Å². The zero-order valence-corrected chi connectivity index (χ0v) is 13.6. The van der Waals surface area contributed by atoms with Crippen LogP contribution in [0.25, 0.3) is 11.3 Å². The molecule has 0 aliphatic heterocycles. The smallest absolute Gasteiger partial charge is 0.259 e. The molecule has 5 nitrogen and oxygen atoms in total. The van der Waals surface area contributed by atoms with Gasteiger partial charge in [-0.3, -0.25) is 15.1 Å². The summed E-state index contributed by atoms with van der Waals surface area (Å²) in [7, 11) is 1.65. The van der Waals surface area contributed by atoms with Gasteiger partial charge < -0.3 is 4.74 Å². The van der Waals surface area contributed by atoms with E-state index in [4.69, 9.17) is 4.74 Å². The van der Waals surface area contributed by atoms with E-state index in [9.17, 15) is 4.79 Å². The number of nitrogens with one attached hydrogen (secondary N) is 1. The van der Waals surface area contributed by atoms with Crippen molar-refractivity contribution in [2.24, 2.45) is 0 Å². The molecule has 3 aromatic rings. The lowest BCUT2D eigenvalue weighted by Crippen LogP contribution is -2.11. The number of hydrogen-bond acceptors (Lipinski definition) is 5. The Morgan fingerprint density at radius 2 is 2.17 bits per heavy atom. The number of carbonyl (C=O) groups is 1. The zero-order chi connectivity index (χ0) is 16.2. The minimum Gasteiger partial charge on any atom is -0.496 e. The van der Waals surface area contributed by atoms with E-state index in [1.807, 2.05) is 30.5 Å². The fourth-order valence-electron chi connectivity index (χ4n) is 2.17. The summed E-state index contributed by atoms with van der Waals surface area (Å²) in [6, 6.07) is 9.32. The summed E-state index contributed by atoms with van der Waals surface area (Å²) in [6.45, 7) is 1.99. The summed E-state index contributed by atoms with van der Waals surface area (Å²) in [5, 5.41) is 5.26. The van der Waals surface area contributed by atoms with Crippen LogP contribution in [0.15, 0.2) is 48.1 Å². The average molecular weight is 325 g/mol. The standard InChI is InChI=1S/C17H15N3O2S/c1-11-8-12(5-6-15(11)22-2)14-10-23-17(19-14)20-16(21)13-4-3-7-18-9-13/h3-10H,1-2H3,(H,19,20,21). The number of pyridine rings is 1. The molecule has 1 N–H and O–H groups in total. The molecule has 23 heavy (non-hydrogen) atoms. The number of carbonyl (C=O) groups excluding carboxylic acids is 1. The molecule has 0 aliphatic carbocycles. The van der Waals surface area contributed by atoms with Crippen LogP contribution in [0.5, 0.6) is 5.75 Å². The molecule has 116 valence electrons. The van der Waals surface area contributed by atoms with E-state index in [-0.39, 0.29) is 5.91 Å². The van der Waals surface area contributed by atoms with Crippen LogP contribution in [0.2, 0.25) is 0 Å². The average Bonchev–Trinajstić information content (AvgIpc) is 3.04. The van der Waals surface area contributed by atoms with Crippen LogP contribution in [0.3, 0.4) is 0 Å². The Morgan fingerprint density at radius 1 is 1.30 bits per heavy atom. The van der Waals surface area contributed by atoms with Gasteiger partial charge in [0.15, 0.2) is 5.13 Å². The molecule has 0 spiro atoms. The zero-order valence-electron chi connectivity index (χ0n) is 12.7. The Balaban J connectivity index is 1.78. The number of hydrogen-bond donors (Lipinski definition) is 1. The first kappa shape index (κ1) is 15.2. The predicted octanol–water partition coefficient (Wildman–Crippen LogP) is 3.77. The second-order valence-corrected chi connectivity index (χ2v) is 5.78. The molecule has 0 fully saturated rings. The van der Waals surface area contributed by atoms with Crippen LogP contribution >= 0.6 is 11.3 Å². The van der Waals surface area contributed by atoms with Crippen molar-refractivity contribution < 1.29 is 9.53 Å².